The van der Waals surface area contributed by atoms with Crippen LogP contribution in [0.25, 0.3) is 11.5 Å². The summed E-state index contributed by atoms with van der Waals surface area (Å²) in [6, 6.07) is 0. The highest BCUT2D eigenvalue weighted by Crippen LogP contribution is 2.27. The molecule has 0 saturated heterocycles. The maximum Gasteiger partial charge on any atom is 0.250 e. The molecular formula is C12H15N3O2. The minimum atomic E-state index is 0.414. The highest BCUT2D eigenvalue weighted by atomic mass is 16.4. The molecule has 0 fully saturated rings. The van der Waals surface area contributed by atoms with Crippen molar-refractivity contribution >= 4 is 6.29 Å². The molecule has 1 N–H and O–H groups in total. The topological polar surface area (TPSA) is 71.8 Å². The fourth-order valence-corrected chi connectivity index (χ4v) is 1.89. The SMILES string of the molecule is CCCc1nnc(-c2c(C)[nH]c(C)c2C=O)o1. The Morgan fingerprint density at radius 2 is 2.06 bits per heavy atom. The van der Waals surface area contributed by atoms with Gasteiger partial charge < -0.3 is 9.40 Å². The van der Waals surface area contributed by atoms with Crippen molar-refractivity contribution in [2.45, 2.75) is 33.6 Å². The molecule has 17 heavy (non-hydrogen) atoms. The van der Waals surface area contributed by atoms with Gasteiger partial charge in [-0.3, -0.25) is 4.79 Å². The molecular weight excluding hydrogens is 218 g/mol. The predicted molar refractivity (Wildman–Crippen MR) is 62.9 cm³/mol. The summed E-state index contributed by atoms with van der Waals surface area (Å²) in [5.41, 5.74) is 3.00. The average molecular weight is 233 g/mol. The van der Waals surface area contributed by atoms with E-state index in [1.807, 2.05) is 20.8 Å². The second kappa shape index (κ2) is 4.53. The largest absolute Gasteiger partial charge is 0.421 e. The third-order valence-electron chi connectivity index (χ3n) is 2.69. The van der Waals surface area contributed by atoms with Gasteiger partial charge in [-0.05, 0) is 20.3 Å². The summed E-state index contributed by atoms with van der Waals surface area (Å²) in [5, 5.41) is 7.95. The Balaban J connectivity index is 2.48. The molecule has 90 valence electrons. The van der Waals surface area contributed by atoms with E-state index >= 15 is 0 Å². The van der Waals surface area contributed by atoms with E-state index in [2.05, 4.69) is 15.2 Å². The lowest BCUT2D eigenvalue weighted by Gasteiger charge is -1.94. The molecule has 0 aliphatic carbocycles. The van der Waals surface area contributed by atoms with Crippen LogP contribution >= 0.6 is 0 Å². The quantitative estimate of drug-likeness (QED) is 0.823. The minimum absolute atomic E-state index is 0.414. The molecule has 0 aromatic carbocycles. The molecule has 0 amide bonds. The molecule has 0 aliphatic rings. The monoisotopic (exact) mass is 233 g/mol. The zero-order chi connectivity index (χ0) is 12.4. The average Bonchev–Trinajstić information content (AvgIpc) is 2.83. The Bertz CT molecular complexity index is 540. The van der Waals surface area contributed by atoms with Gasteiger partial charge >= 0.3 is 0 Å². The molecule has 5 heteroatoms. The summed E-state index contributed by atoms with van der Waals surface area (Å²) >= 11 is 0. The molecule has 2 rings (SSSR count). The highest BCUT2D eigenvalue weighted by Gasteiger charge is 2.18. The standard InChI is InChI=1S/C12H15N3O2/c1-4-5-10-14-15-12(17-10)11-8(3)13-7(2)9(11)6-16/h6,13H,4-5H2,1-3H3. The number of H-pyrrole nitrogens is 1. The first kappa shape index (κ1) is 11.6. The van der Waals surface area contributed by atoms with Gasteiger partial charge in [-0.25, -0.2) is 0 Å². The summed E-state index contributed by atoms with van der Waals surface area (Å²) < 4.78 is 5.55. The second-order valence-corrected chi connectivity index (χ2v) is 4.03. The summed E-state index contributed by atoms with van der Waals surface area (Å²) in [6.07, 6.45) is 2.52. The van der Waals surface area contributed by atoms with Crippen molar-refractivity contribution in [3.63, 3.8) is 0 Å². The number of rotatable bonds is 4. The normalized spacial score (nSPS) is 10.8. The van der Waals surface area contributed by atoms with Crippen LogP contribution in [0.1, 0.15) is 41.0 Å². The number of carbonyl (C=O) groups is 1. The first-order valence-corrected chi connectivity index (χ1v) is 5.64. The molecule has 2 aromatic heterocycles. The molecule has 5 nitrogen and oxygen atoms in total. The van der Waals surface area contributed by atoms with Gasteiger partial charge in [-0.2, -0.15) is 0 Å². The van der Waals surface area contributed by atoms with Crippen molar-refractivity contribution < 1.29 is 9.21 Å². The molecule has 0 aliphatic heterocycles. The van der Waals surface area contributed by atoms with E-state index in [1.54, 1.807) is 0 Å². The molecule has 2 heterocycles. The van der Waals surface area contributed by atoms with Gasteiger partial charge in [0, 0.05) is 23.4 Å². The van der Waals surface area contributed by atoms with Crippen molar-refractivity contribution in [3.05, 3.63) is 22.8 Å². The van der Waals surface area contributed by atoms with Gasteiger partial charge in [-0.15, -0.1) is 10.2 Å². The Labute approximate surface area is 99.3 Å². The number of aryl methyl sites for hydroxylation is 3. The Hall–Kier alpha value is -1.91. The number of aromatic amines is 1. The fourth-order valence-electron chi connectivity index (χ4n) is 1.89. The van der Waals surface area contributed by atoms with E-state index in [9.17, 15) is 4.79 Å². The second-order valence-electron chi connectivity index (χ2n) is 4.03. The van der Waals surface area contributed by atoms with Crippen LogP contribution in [0.3, 0.4) is 0 Å². The van der Waals surface area contributed by atoms with Gasteiger partial charge in [-0.1, -0.05) is 6.92 Å². The van der Waals surface area contributed by atoms with Crippen LogP contribution < -0.4 is 0 Å². The van der Waals surface area contributed by atoms with E-state index < -0.39 is 0 Å². The van der Waals surface area contributed by atoms with Gasteiger partial charge in [0.2, 0.25) is 11.8 Å². The van der Waals surface area contributed by atoms with E-state index in [0.717, 1.165) is 30.5 Å². The first-order valence-electron chi connectivity index (χ1n) is 5.64. The molecule has 0 radical (unpaired) electrons. The number of hydrogen-bond donors (Lipinski definition) is 1. The molecule has 0 saturated carbocycles. The van der Waals surface area contributed by atoms with Crippen LogP contribution in [0.2, 0.25) is 0 Å². The van der Waals surface area contributed by atoms with Crippen molar-refractivity contribution in [3.8, 4) is 11.5 Å². The lowest BCUT2D eigenvalue weighted by molar-refractivity contribution is 0.112. The van der Waals surface area contributed by atoms with Crippen LogP contribution in [0.4, 0.5) is 0 Å². The number of nitrogens with one attached hydrogen (secondary N) is 1. The number of nitrogens with zero attached hydrogens (tertiary/aromatic N) is 2. The fraction of sp³-hybridized carbons (Fsp3) is 0.417. The summed E-state index contributed by atoms with van der Waals surface area (Å²) in [5.74, 6) is 1.02. The Morgan fingerprint density at radius 3 is 2.71 bits per heavy atom. The van der Waals surface area contributed by atoms with E-state index in [4.69, 9.17) is 4.42 Å². The van der Waals surface area contributed by atoms with Crippen LogP contribution in [-0.2, 0) is 6.42 Å². The van der Waals surface area contributed by atoms with Crippen molar-refractivity contribution in [2.75, 3.05) is 0 Å². The summed E-state index contributed by atoms with van der Waals surface area (Å²) in [4.78, 5) is 14.2. The summed E-state index contributed by atoms with van der Waals surface area (Å²) in [6.45, 7) is 5.79. The first-order chi connectivity index (χ1) is 8.17. The zero-order valence-electron chi connectivity index (χ0n) is 10.2. The van der Waals surface area contributed by atoms with E-state index in [-0.39, 0.29) is 0 Å². The number of carbonyl (C=O) groups excluding carboxylic acids is 1. The van der Waals surface area contributed by atoms with Crippen LogP contribution in [0.15, 0.2) is 4.42 Å². The van der Waals surface area contributed by atoms with Gasteiger partial charge in [0.15, 0.2) is 6.29 Å². The van der Waals surface area contributed by atoms with Gasteiger partial charge in [0.05, 0.1) is 5.56 Å². The summed E-state index contributed by atoms with van der Waals surface area (Å²) in [7, 11) is 0. The van der Waals surface area contributed by atoms with E-state index in [0.29, 0.717) is 22.9 Å². The molecule has 0 spiro atoms. The number of aldehydes is 1. The minimum Gasteiger partial charge on any atom is -0.421 e. The van der Waals surface area contributed by atoms with Crippen LogP contribution in [0.5, 0.6) is 0 Å². The Morgan fingerprint density at radius 1 is 1.29 bits per heavy atom. The van der Waals surface area contributed by atoms with Gasteiger partial charge in [0.25, 0.3) is 0 Å². The van der Waals surface area contributed by atoms with Gasteiger partial charge in [0.1, 0.15) is 0 Å². The lowest BCUT2D eigenvalue weighted by Crippen LogP contribution is -1.86. The molecule has 0 atom stereocenters. The third kappa shape index (κ3) is 2.00. The molecule has 0 bridgehead atoms. The number of hydrogen-bond acceptors (Lipinski definition) is 4. The molecule has 2 aromatic rings. The highest BCUT2D eigenvalue weighted by molar-refractivity contribution is 5.88. The smallest absolute Gasteiger partial charge is 0.250 e. The van der Waals surface area contributed by atoms with Crippen molar-refractivity contribution in [1.29, 1.82) is 0 Å². The predicted octanol–water partition coefficient (Wildman–Crippen LogP) is 2.45. The van der Waals surface area contributed by atoms with E-state index in [1.165, 1.54) is 0 Å². The van der Waals surface area contributed by atoms with Crippen molar-refractivity contribution in [1.82, 2.24) is 15.2 Å². The van der Waals surface area contributed by atoms with Crippen molar-refractivity contribution in [2.24, 2.45) is 0 Å². The van der Waals surface area contributed by atoms with Crippen LogP contribution in [0, 0.1) is 13.8 Å². The lowest BCUT2D eigenvalue weighted by atomic mass is 10.1. The molecule has 0 unspecified atom stereocenters. The number of aromatic nitrogens is 3. The zero-order valence-corrected chi connectivity index (χ0v) is 10.2. The maximum absolute atomic E-state index is 11.1. The Kier molecular flexibility index (Phi) is 3.08. The third-order valence-corrected chi connectivity index (χ3v) is 2.69. The van der Waals surface area contributed by atoms with Crippen LogP contribution in [-0.4, -0.2) is 21.5 Å². The maximum atomic E-state index is 11.1.